The third-order valence-electron chi connectivity index (χ3n) is 3.91. The van der Waals surface area contributed by atoms with Crippen LogP contribution in [0.25, 0.3) is 0 Å². The SMILES string of the molecule is CCc1ncnc(NC2CC(N(CC)CC(=O)O)C2)c1F. The van der Waals surface area contributed by atoms with Crippen LogP contribution in [-0.2, 0) is 11.2 Å². The van der Waals surface area contributed by atoms with Gasteiger partial charge in [-0.1, -0.05) is 13.8 Å². The first kappa shape index (κ1) is 15.6. The number of aryl methyl sites for hydroxylation is 1. The second-order valence-electron chi connectivity index (χ2n) is 5.26. The van der Waals surface area contributed by atoms with Crippen LogP contribution in [0.15, 0.2) is 6.33 Å². The van der Waals surface area contributed by atoms with Crippen molar-refractivity contribution >= 4 is 11.8 Å². The van der Waals surface area contributed by atoms with Crippen LogP contribution in [0.4, 0.5) is 10.2 Å². The molecular weight excluding hydrogens is 275 g/mol. The van der Waals surface area contributed by atoms with Crippen molar-refractivity contribution in [2.75, 3.05) is 18.4 Å². The summed E-state index contributed by atoms with van der Waals surface area (Å²) in [6.07, 6.45) is 3.49. The summed E-state index contributed by atoms with van der Waals surface area (Å²) < 4.78 is 14.0. The van der Waals surface area contributed by atoms with E-state index in [1.807, 2.05) is 18.7 Å². The molecular formula is C14H21FN4O2. The highest BCUT2D eigenvalue weighted by atomic mass is 19.1. The van der Waals surface area contributed by atoms with Crippen LogP contribution in [0.2, 0.25) is 0 Å². The molecule has 0 saturated heterocycles. The van der Waals surface area contributed by atoms with Crippen molar-refractivity contribution in [3.63, 3.8) is 0 Å². The fourth-order valence-electron chi connectivity index (χ4n) is 2.62. The van der Waals surface area contributed by atoms with Crippen molar-refractivity contribution < 1.29 is 14.3 Å². The lowest BCUT2D eigenvalue weighted by Gasteiger charge is -2.42. The van der Waals surface area contributed by atoms with Gasteiger partial charge in [0.2, 0.25) is 0 Å². The summed E-state index contributed by atoms with van der Waals surface area (Å²) in [5.41, 5.74) is 0.407. The molecule has 1 saturated carbocycles. The van der Waals surface area contributed by atoms with Gasteiger partial charge in [-0.2, -0.15) is 0 Å². The second-order valence-corrected chi connectivity index (χ2v) is 5.26. The number of hydrogen-bond donors (Lipinski definition) is 2. The summed E-state index contributed by atoms with van der Waals surface area (Å²) >= 11 is 0. The molecule has 0 unspecified atom stereocenters. The Kier molecular flexibility index (Phi) is 5.06. The molecule has 2 rings (SSSR count). The molecule has 0 radical (unpaired) electrons. The van der Waals surface area contributed by atoms with Crippen molar-refractivity contribution in [3.05, 3.63) is 17.8 Å². The van der Waals surface area contributed by atoms with Crippen molar-refractivity contribution in [1.82, 2.24) is 14.9 Å². The van der Waals surface area contributed by atoms with E-state index in [0.29, 0.717) is 18.7 Å². The molecule has 0 amide bonds. The molecule has 1 aromatic rings. The fraction of sp³-hybridized carbons (Fsp3) is 0.643. The topological polar surface area (TPSA) is 78.4 Å². The lowest BCUT2D eigenvalue weighted by atomic mass is 9.85. The molecule has 7 heteroatoms. The minimum absolute atomic E-state index is 0.0513. The maximum absolute atomic E-state index is 14.0. The van der Waals surface area contributed by atoms with Crippen LogP contribution < -0.4 is 5.32 Å². The lowest BCUT2D eigenvalue weighted by molar-refractivity contribution is -0.139. The quantitative estimate of drug-likeness (QED) is 0.794. The molecule has 1 aliphatic carbocycles. The Hall–Kier alpha value is -1.76. The van der Waals surface area contributed by atoms with E-state index in [2.05, 4.69) is 15.3 Å². The van der Waals surface area contributed by atoms with Gasteiger partial charge < -0.3 is 10.4 Å². The summed E-state index contributed by atoms with van der Waals surface area (Å²) in [5.74, 6) is -0.962. The highest BCUT2D eigenvalue weighted by Gasteiger charge is 2.34. The highest BCUT2D eigenvalue weighted by Crippen LogP contribution is 2.29. The van der Waals surface area contributed by atoms with Crippen LogP contribution in [0.1, 0.15) is 32.4 Å². The number of carbonyl (C=O) groups is 1. The predicted molar refractivity (Wildman–Crippen MR) is 76.7 cm³/mol. The first-order valence-electron chi connectivity index (χ1n) is 7.26. The largest absolute Gasteiger partial charge is 0.480 e. The van der Waals surface area contributed by atoms with E-state index in [1.165, 1.54) is 6.33 Å². The average molecular weight is 296 g/mol. The number of rotatable bonds is 7. The third kappa shape index (κ3) is 3.66. The normalized spacial score (nSPS) is 21.1. The molecule has 0 aromatic carbocycles. The first-order chi connectivity index (χ1) is 10.0. The number of nitrogens with zero attached hydrogens (tertiary/aromatic N) is 3. The van der Waals surface area contributed by atoms with Gasteiger partial charge >= 0.3 is 5.97 Å². The highest BCUT2D eigenvalue weighted by molar-refractivity contribution is 5.69. The Morgan fingerprint density at radius 2 is 2.19 bits per heavy atom. The van der Waals surface area contributed by atoms with Gasteiger partial charge in [-0.05, 0) is 25.8 Å². The molecule has 1 aliphatic rings. The molecule has 1 aromatic heterocycles. The summed E-state index contributed by atoms with van der Waals surface area (Å²) in [6.45, 7) is 4.54. The molecule has 116 valence electrons. The van der Waals surface area contributed by atoms with Gasteiger partial charge in [0, 0.05) is 12.1 Å². The van der Waals surface area contributed by atoms with Crippen LogP contribution in [0.3, 0.4) is 0 Å². The molecule has 0 atom stereocenters. The standard InChI is InChI=1S/C14H21FN4O2/c1-3-11-13(15)14(17-8-16-11)18-9-5-10(6-9)19(4-2)7-12(20)21/h8-10H,3-7H2,1-2H3,(H,20,21)(H,16,17,18). The third-order valence-corrected chi connectivity index (χ3v) is 3.91. The van der Waals surface area contributed by atoms with E-state index in [9.17, 15) is 9.18 Å². The molecule has 0 bridgehead atoms. The Morgan fingerprint density at radius 1 is 1.48 bits per heavy atom. The molecule has 6 nitrogen and oxygen atoms in total. The van der Waals surface area contributed by atoms with Gasteiger partial charge in [-0.25, -0.2) is 14.4 Å². The zero-order chi connectivity index (χ0) is 15.4. The minimum atomic E-state index is -0.817. The van der Waals surface area contributed by atoms with E-state index in [-0.39, 0.29) is 30.3 Å². The Labute approximate surface area is 123 Å². The van der Waals surface area contributed by atoms with E-state index in [1.54, 1.807) is 0 Å². The monoisotopic (exact) mass is 296 g/mol. The van der Waals surface area contributed by atoms with E-state index in [0.717, 1.165) is 12.8 Å². The number of halogens is 1. The van der Waals surface area contributed by atoms with E-state index >= 15 is 0 Å². The molecule has 1 heterocycles. The Morgan fingerprint density at radius 3 is 2.76 bits per heavy atom. The van der Waals surface area contributed by atoms with Crippen molar-refractivity contribution in [2.24, 2.45) is 0 Å². The van der Waals surface area contributed by atoms with Gasteiger partial charge in [0.25, 0.3) is 0 Å². The maximum atomic E-state index is 14.0. The number of carboxylic acid groups (broad SMARTS) is 1. The zero-order valence-electron chi connectivity index (χ0n) is 12.3. The minimum Gasteiger partial charge on any atom is -0.480 e. The molecule has 0 spiro atoms. The van der Waals surface area contributed by atoms with Crippen molar-refractivity contribution in [1.29, 1.82) is 0 Å². The number of likely N-dealkylation sites (N-methyl/N-ethyl adjacent to an activating group) is 1. The molecule has 21 heavy (non-hydrogen) atoms. The van der Waals surface area contributed by atoms with Crippen LogP contribution in [0.5, 0.6) is 0 Å². The molecule has 1 fully saturated rings. The van der Waals surface area contributed by atoms with Crippen LogP contribution >= 0.6 is 0 Å². The smallest absolute Gasteiger partial charge is 0.317 e. The van der Waals surface area contributed by atoms with Gasteiger partial charge in [-0.15, -0.1) is 0 Å². The molecule has 2 N–H and O–H groups in total. The second kappa shape index (κ2) is 6.80. The summed E-state index contributed by atoms with van der Waals surface area (Å²) in [7, 11) is 0. The van der Waals surface area contributed by atoms with Gasteiger partial charge in [0.1, 0.15) is 6.33 Å². The van der Waals surface area contributed by atoms with Gasteiger partial charge in [0.05, 0.1) is 12.2 Å². The lowest BCUT2D eigenvalue weighted by Crippen LogP contribution is -2.51. The maximum Gasteiger partial charge on any atom is 0.317 e. The van der Waals surface area contributed by atoms with Crippen molar-refractivity contribution in [3.8, 4) is 0 Å². The predicted octanol–water partition coefficient (Wildman–Crippen LogP) is 1.53. The van der Waals surface area contributed by atoms with Gasteiger partial charge in [0.15, 0.2) is 11.6 Å². The first-order valence-corrected chi connectivity index (χ1v) is 7.26. The average Bonchev–Trinajstić information content (AvgIpc) is 2.41. The number of carboxylic acids is 1. The summed E-state index contributed by atoms with van der Waals surface area (Å²) in [5, 5.41) is 11.9. The van der Waals surface area contributed by atoms with Crippen LogP contribution in [-0.4, -0.2) is 51.1 Å². The fourth-order valence-corrected chi connectivity index (χ4v) is 2.62. The van der Waals surface area contributed by atoms with E-state index in [4.69, 9.17) is 5.11 Å². The summed E-state index contributed by atoms with van der Waals surface area (Å²) in [6, 6.07) is 0.367. The number of nitrogens with one attached hydrogen (secondary N) is 1. The molecule has 0 aliphatic heterocycles. The number of anilines is 1. The Bertz CT molecular complexity index is 506. The number of hydrogen-bond acceptors (Lipinski definition) is 5. The Balaban J connectivity index is 1.89. The number of aliphatic carboxylic acids is 1. The zero-order valence-corrected chi connectivity index (χ0v) is 12.3. The van der Waals surface area contributed by atoms with Crippen LogP contribution in [0, 0.1) is 5.82 Å². The van der Waals surface area contributed by atoms with Gasteiger partial charge in [-0.3, -0.25) is 9.69 Å². The number of aromatic nitrogens is 2. The summed E-state index contributed by atoms with van der Waals surface area (Å²) in [4.78, 5) is 20.5. The van der Waals surface area contributed by atoms with E-state index < -0.39 is 5.97 Å². The van der Waals surface area contributed by atoms with Crippen molar-refractivity contribution in [2.45, 2.75) is 45.2 Å².